The van der Waals surface area contributed by atoms with E-state index in [4.69, 9.17) is 0 Å². The van der Waals surface area contributed by atoms with Gasteiger partial charge in [0.1, 0.15) is 5.82 Å². The van der Waals surface area contributed by atoms with Gasteiger partial charge in [-0.05, 0) is 56.1 Å². The molecule has 4 heteroatoms. The SMILES string of the molecule is OC1(Cc2cc(F)cc(Br)c2)CCCNCC1. The van der Waals surface area contributed by atoms with Crippen LogP contribution in [-0.2, 0) is 6.42 Å². The molecule has 1 aromatic carbocycles. The number of nitrogens with one attached hydrogen (secondary N) is 1. The van der Waals surface area contributed by atoms with Gasteiger partial charge in [-0.3, -0.25) is 0 Å². The summed E-state index contributed by atoms with van der Waals surface area (Å²) in [6, 6.07) is 4.81. The first-order valence-corrected chi connectivity index (χ1v) is 6.75. The van der Waals surface area contributed by atoms with Crippen molar-refractivity contribution in [3.63, 3.8) is 0 Å². The monoisotopic (exact) mass is 301 g/mol. The van der Waals surface area contributed by atoms with Gasteiger partial charge in [0, 0.05) is 10.9 Å². The lowest BCUT2D eigenvalue weighted by molar-refractivity contribution is 0.0284. The summed E-state index contributed by atoms with van der Waals surface area (Å²) in [5, 5.41) is 13.8. The number of hydrogen-bond donors (Lipinski definition) is 2. The van der Waals surface area contributed by atoms with Gasteiger partial charge in [0.15, 0.2) is 0 Å². The Bertz CT molecular complexity index is 369. The molecular weight excluding hydrogens is 285 g/mol. The standard InChI is InChI=1S/C13H17BrFNO/c14-11-6-10(7-12(15)8-11)9-13(17)2-1-4-16-5-3-13/h6-8,16-17H,1-5,9H2. The molecule has 0 radical (unpaired) electrons. The molecule has 0 aromatic heterocycles. The third-order valence-electron chi connectivity index (χ3n) is 3.22. The van der Waals surface area contributed by atoms with Crippen LogP contribution >= 0.6 is 15.9 Å². The zero-order valence-electron chi connectivity index (χ0n) is 9.68. The zero-order chi connectivity index (χ0) is 12.3. The van der Waals surface area contributed by atoms with Gasteiger partial charge >= 0.3 is 0 Å². The lowest BCUT2D eigenvalue weighted by Gasteiger charge is -2.26. The van der Waals surface area contributed by atoms with Gasteiger partial charge < -0.3 is 10.4 Å². The molecule has 17 heavy (non-hydrogen) atoms. The Morgan fingerprint density at radius 2 is 2.12 bits per heavy atom. The second-order valence-electron chi connectivity index (χ2n) is 4.78. The van der Waals surface area contributed by atoms with Gasteiger partial charge in [-0.1, -0.05) is 15.9 Å². The largest absolute Gasteiger partial charge is 0.389 e. The van der Waals surface area contributed by atoms with Crippen LogP contribution in [0.2, 0.25) is 0 Å². The van der Waals surface area contributed by atoms with E-state index in [-0.39, 0.29) is 5.82 Å². The highest BCUT2D eigenvalue weighted by Gasteiger charge is 2.28. The average Bonchev–Trinajstić information content (AvgIpc) is 2.41. The summed E-state index contributed by atoms with van der Waals surface area (Å²) in [5.41, 5.74) is 0.151. The third-order valence-corrected chi connectivity index (χ3v) is 3.68. The van der Waals surface area contributed by atoms with Crippen molar-refractivity contribution in [1.82, 2.24) is 5.32 Å². The van der Waals surface area contributed by atoms with Crippen LogP contribution in [0.4, 0.5) is 4.39 Å². The van der Waals surface area contributed by atoms with E-state index < -0.39 is 5.60 Å². The maximum atomic E-state index is 13.3. The van der Waals surface area contributed by atoms with Crippen LogP contribution in [0.1, 0.15) is 24.8 Å². The molecule has 0 aliphatic carbocycles. The van der Waals surface area contributed by atoms with E-state index in [0.29, 0.717) is 6.42 Å². The Hall–Kier alpha value is -0.450. The molecule has 2 rings (SSSR count). The van der Waals surface area contributed by atoms with Crippen LogP contribution in [0.3, 0.4) is 0 Å². The molecule has 94 valence electrons. The van der Waals surface area contributed by atoms with E-state index in [2.05, 4.69) is 21.2 Å². The quantitative estimate of drug-likeness (QED) is 0.880. The molecule has 2 N–H and O–H groups in total. The van der Waals surface area contributed by atoms with Crippen molar-refractivity contribution in [2.24, 2.45) is 0 Å². The zero-order valence-corrected chi connectivity index (χ0v) is 11.3. The van der Waals surface area contributed by atoms with Crippen LogP contribution in [-0.4, -0.2) is 23.8 Å². The van der Waals surface area contributed by atoms with Gasteiger partial charge in [-0.15, -0.1) is 0 Å². The molecular formula is C13H17BrFNO. The molecule has 0 saturated carbocycles. The Labute approximate surface area is 109 Å². The predicted octanol–water partition coefficient (Wildman–Crippen LogP) is 2.64. The molecule has 1 saturated heterocycles. The molecule has 1 unspecified atom stereocenters. The molecule has 1 fully saturated rings. The lowest BCUT2D eigenvalue weighted by Crippen LogP contribution is -2.32. The second-order valence-corrected chi connectivity index (χ2v) is 5.70. The molecule has 1 atom stereocenters. The maximum absolute atomic E-state index is 13.3. The predicted molar refractivity (Wildman–Crippen MR) is 69.5 cm³/mol. The highest BCUT2D eigenvalue weighted by Crippen LogP contribution is 2.26. The van der Waals surface area contributed by atoms with E-state index in [0.717, 1.165) is 42.4 Å². The maximum Gasteiger partial charge on any atom is 0.124 e. The molecule has 2 nitrogen and oxygen atoms in total. The van der Waals surface area contributed by atoms with Gasteiger partial charge in [-0.2, -0.15) is 0 Å². The fourth-order valence-electron chi connectivity index (χ4n) is 2.38. The fourth-order valence-corrected chi connectivity index (χ4v) is 2.90. The molecule has 1 aliphatic heterocycles. The van der Waals surface area contributed by atoms with Crippen LogP contribution in [0.15, 0.2) is 22.7 Å². The Morgan fingerprint density at radius 3 is 2.88 bits per heavy atom. The van der Waals surface area contributed by atoms with Crippen LogP contribution in [0.5, 0.6) is 0 Å². The topological polar surface area (TPSA) is 32.3 Å². The number of rotatable bonds is 2. The first-order valence-electron chi connectivity index (χ1n) is 5.95. The molecule has 1 aliphatic rings. The highest BCUT2D eigenvalue weighted by molar-refractivity contribution is 9.10. The van der Waals surface area contributed by atoms with E-state index in [1.54, 1.807) is 0 Å². The number of halogens is 2. The molecule has 0 spiro atoms. The van der Waals surface area contributed by atoms with Gasteiger partial charge in [0.2, 0.25) is 0 Å². The summed E-state index contributed by atoms with van der Waals surface area (Å²) in [6.07, 6.45) is 2.98. The van der Waals surface area contributed by atoms with Crippen molar-refractivity contribution in [2.45, 2.75) is 31.3 Å². The Kier molecular flexibility index (Phi) is 4.17. The van der Waals surface area contributed by atoms with E-state index in [1.165, 1.54) is 12.1 Å². The molecule has 0 bridgehead atoms. The van der Waals surface area contributed by atoms with Crippen LogP contribution in [0.25, 0.3) is 0 Å². The van der Waals surface area contributed by atoms with Crippen molar-refractivity contribution < 1.29 is 9.50 Å². The number of aliphatic hydroxyl groups is 1. The summed E-state index contributed by atoms with van der Waals surface area (Å²) < 4.78 is 14.0. The van der Waals surface area contributed by atoms with Crippen molar-refractivity contribution in [3.8, 4) is 0 Å². The van der Waals surface area contributed by atoms with E-state index in [9.17, 15) is 9.50 Å². The average molecular weight is 302 g/mol. The first kappa shape index (κ1) is 13.0. The van der Waals surface area contributed by atoms with Gasteiger partial charge in [-0.25, -0.2) is 4.39 Å². The third kappa shape index (κ3) is 3.76. The summed E-state index contributed by atoms with van der Waals surface area (Å²) in [5.74, 6) is -0.260. The van der Waals surface area contributed by atoms with Crippen molar-refractivity contribution in [3.05, 3.63) is 34.1 Å². The lowest BCUT2D eigenvalue weighted by atomic mass is 9.88. The molecule has 1 aromatic rings. The van der Waals surface area contributed by atoms with Gasteiger partial charge in [0.25, 0.3) is 0 Å². The van der Waals surface area contributed by atoms with Crippen molar-refractivity contribution in [1.29, 1.82) is 0 Å². The van der Waals surface area contributed by atoms with E-state index in [1.807, 2.05) is 6.07 Å². The fraction of sp³-hybridized carbons (Fsp3) is 0.538. The minimum atomic E-state index is -0.698. The Balaban J connectivity index is 2.12. The van der Waals surface area contributed by atoms with Crippen molar-refractivity contribution >= 4 is 15.9 Å². The van der Waals surface area contributed by atoms with Crippen LogP contribution < -0.4 is 5.32 Å². The normalized spacial score (nSPS) is 25.6. The number of hydrogen-bond acceptors (Lipinski definition) is 2. The van der Waals surface area contributed by atoms with Crippen molar-refractivity contribution in [2.75, 3.05) is 13.1 Å². The smallest absolute Gasteiger partial charge is 0.124 e. The minimum absolute atomic E-state index is 0.260. The second kappa shape index (κ2) is 5.46. The summed E-state index contributed by atoms with van der Waals surface area (Å²) in [6.45, 7) is 1.78. The minimum Gasteiger partial charge on any atom is -0.389 e. The summed E-state index contributed by atoms with van der Waals surface area (Å²) in [4.78, 5) is 0. The Morgan fingerprint density at radius 1 is 1.29 bits per heavy atom. The van der Waals surface area contributed by atoms with E-state index >= 15 is 0 Å². The molecule has 0 amide bonds. The first-order chi connectivity index (χ1) is 8.07. The summed E-state index contributed by atoms with van der Waals surface area (Å²) >= 11 is 3.28. The molecule has 1 heterocycles. The highest BCUT2D eigenvalue weighted by atomic mass is 79.9. The van der Waals surface area contributed by atoms with Crippen LogP contribution in [0, 0.1) is 5.82 Å². The van der Waals surface area contributed by atoms with Gasteiger partial charge in [0.05, 0.1) is 5.60 Å². The summed E-state index contributed by atoms with van der Waals surface area (Å²) in [7, 11) is 0. The number of benzene rings is 1.